The molecule has 0 heteroatoms. The third-order valence-electron chi connectivity index (χ3n) is 2.14. The molecule has 0 fully saturated rings. The van der Waals surface area contributed by atoms with Crippen molar-refractivity contribution in [1.82, 2.24) is 0 Å². The summed E-state index contributed by atoms with van der Waals surface area (Å²) < 4.78 is 0. The van der Waals surface area contributed by atoms with Crippen molar-refractivity contribution in [2.75, 3.05) is 0 Å². The molecule has 13 heavy (non-hydrogen) atoms. The van der Waals surface area contributed by atoms with Gasteiger partial charge in [0.15, 0.2) is 0 Å². The van der Waals surface area contributed by atoms with Crippen LogP contribution < -0.4 is 0 Å². The quantitative estimate of drug-likeness (QED) is 0.561. The molecule has 0 aromatic rings. The van der Waals surface area contributed by atoms with Crippen LogP contribution in [0.3, 0.4) is 0 Å². The molecule has 0 rings (SSSR count). The summed E-state index contributed by atoms with van der Waals surface area (Å²) in [4.78, 5) is 0. The minimum atomic E-state index is 0.561. The van der Waals surface area contributed by atoms with Crippen molar-refractivity contribution in [1.29, 1.82) is 0 Å². The first-order valence-corrected chi connectivity index (χ1v) is 5.03. The molecular weight excluding hydrogens is 156 g/mol. The minimum Gasteiger partial charge on any atom is -0.0988 e. The predicted molar refractivity (Wildman–Crippen MR) is 61.7 cm³/mol. The van der Waals surface area contributed by atoms with Gasteiger partial charge in [0.25, 0.3) is 0 Å². The van der Waals surface area contributed by atoms with Crippen molar-refractivity contribution in [3.05, 3.63) is 36.0 Å². The summed E-state index contributed by atoms with van der Waals surface area (Å²) in [6, 6.07) is 0. The zero-order valence-corrected chi connectivity index (χ0v) is 9.59. The molecule has 0 aliphatic heterocycles. The van der Waals surface area contributed by atoms with Crippen molar-refractivity contribution in [3.63, 3.8) is 0 Å². The van der Waals surface area contributed by atoms with Gasteiger partial charge >= 0.3 is 0 Å². The molecule has 74 valence electrons. The van der Waals surface area contributed by atoms with Gasteiger partial charge in [-0.1, -0.05) is 52.5 Å². The maximum absolute atomic E-state index is 3.88. The average Bonchev–Trinajstić information content (AvgIpc) is 2.03. The maximum Gasteiger partial charge on any atom is -0.0216 e. The first-order chi connectivity index (χ1) is 6.04. The van der Waals surface area contributed by atoms with Gasteiger partial charge < -0.3 is 0 Å². The second-order valence-corrected chi connectivity index (χ2v) is 3.92. The lowest BCUT2D eigenvalue weighted by atomic mass is 9.90. The highest BCUT2D eigenvalue weighted by Gasteiger charge is 2.08. The largest absolute Gasteiger partial charge is 0.0988 e. The fourth-order valence-corrected chi connectivity index (χ4v) is 1.49. The molecule has 0 aliphatic carbocycles. The lowest BCUT2D eigenvalue weighted by Gasteiger charge is -2.15. The van der Waals surface area contributed by atoms with Gasteiger partial charge in [-0.25, -0.2) is 0 Å². The molecule has 0 unspecified atom stereocenters. The van der Waals surface area contributed by atoms with E-state index in [4.69, 9.17) is 0 Å². The molecule has 0 radical (unpaired) electrons. The topological polar surface area (TPSA) is 0 Å². The third kappa shape index (κ3) is 3.63. The number of rotatable bonds is 4. The van der Waals surface area contributed by atoms with Crippen LogP contribution in [0.25, 0.3) is 0 Å². The summed E-state index contributed by atoms with van der Waals surface area (Å²) in [6.07, 6.45) is 6.28. The summed E-state index contributed by atoms with van der Waals surface area (Å²) in [5, 5.41) is 0. The molecule has 0 amide bonds. The fraction of sp³-hybridized carbons (Fsp3) is 0.538. The Hall–Kier alpha value is -0.780. The Morgan fingerprint density at radius 2 is 1.46 bits per heavy atom. The highest BCUT2D eigenvalue weighted by molar-refractivity contribution is 5.34. The minimum absolute atomic E-state index is 0.561. The molecule has 0 heterocycles. The van der Waals surface area contributed by atoms with Gasteiger partial charge in [-0.15, -0.1) is 0 Å². The summed E-state index contributed by atoms with van der Waals surface area (Å²) in [6.45, 7) is 14.8. The van der Waals surface area contributed by atoms with E-state index < -0.39 is 0 Å². The number of hydrogen-bond acceptors (Lipinski definition) is 0. The van der Waals surface area contributed by atoms with Crippen LogP contribution >= 0.6 is 0 Å². The molecule has 0 spiro atoms. The third-order valence-corrected chi connectivity index (χ3v) is 2.14. The monoisotopic (exact) mass is 178 g/mol. The first kappa shape index (κ1) is 12.2. The molecule has 0 aromatic carbocycles. The van der Waals surface area contributed by atoms with Crippen molar-refractivity contribution in [3.8, 4) is 0 Å². The Kier molecular flexibility index (Phi) is 5.45. The van der Waals surface area contributed by atoms with E-state index in [0.717, 1.165) is 0 Å². The number of hydrogen-bond donors (Lipinski definition) is 0. The van der Waals surface area contributed by atoms with E-state index in [1.807, 2.05) is 6.08 Å². The number of allylic oxidation sites excluding steroid dienone is 5. The Morgan fingerprint density at radius 3 is 1.69 bits per heavy atom. The Labute approximate surface area is 83.0 Å². The summed E-state index contributed by atoms with van der Waals surface area (Å²) in [5.41, 5.74) is 2.78. The highest BCUT2D eigenvalue weighted by Crippen LogP contribution is 2.23. The second-order valence-electron chi connectivity index (χ2n) is 3.92. The van der Waals surface area contributed by atoms with E-state index in [2.05, 4.69) is 53.3 Å². The van der Waals surface area contributed by atoms with E-state index in [-0.39, 0.29) is 0 Å². The SMILES string of the molecule is C=C/C(=C(\C=C/C)C(C)C)C(C)C. The molecule has 0 aromatic heterocycles. The van der Waals surface area contributed by atoms with E-state index in [1.54, 1.807) is 0 Å². The molecule has 0 atom stereocenters. The maximum atomic E-state index is 3.88. The average molecular weight is 178 g/mol. The van der Waals surface area contributed by atoms with E-state index in [0.29, 0.717) is 11.8 Å². The van der Waals surface area contributed by atoms with Gasteiger partial charge in [0.1, 0.15) is 0 Å². The van der Waals surface area contributed by atoms with Gasteiger partial charge in [-0.05, 0) is 29.9 Å². The van der Waals surface area contributed by atoms with Crippen LogP contribution in [-0.2, 0) is 0 Å². The van der Waals surface area contributed by atoms with Crippen molar-refractivity contribution < 1.29 is 0 Å². The van der Waals surface area contributed by atoms with Gasteiger partial charge in [-0.3, -0.25) is 0 Å². The van der Waals surface area contributed by atoms with Crippen molar-refractivity contribution in [2.45, 2.75) is 34.6 Å². The fourth-order valence-electron chi connectivity index (χ4n) is 1.49. The van der Waals surface area contributed by atoms with Crippen LogP contribution in [-0.4, -0.2) is 0 Å². The molecular formula is C13H22. The van der Waals surface area contributed by atoms with Gasteiger partial charge in [0.05, 0.1) is 0 Å². The van der Waals surface area contributed by atoms with Crippen LogP contribution in [0.1, 0.15) is 34.6 Å². The summed E-state index contributed by atoms with van der Waals surface area (Å²) >= 11 is 0. The van der Waals surface area contributed by atoms with E-state index in [1.165, 1.54) is 11.1 Å². The van der Waals surface area contributed by atoms with Crippen LogP contribution in [0, 0.1) is 11.8 Å². The van der Waals surface area contributed by atoms with Gasteiger partial charge in [-0.2, -0.15) is 0 Å². The highest BCUT2D eigenvalue weighted by atomic mass is 14.1. The first-order valence-electron chi connectivity index (χ1n) is 5.03. The zero-order valence-electron chi connectivity index (χ0n) is 9.59. The lowest BCUT2D eigenvalue weighted by Crippen LogP contribution is -2.01. The van der Waals surface area contributed by atoms with Crippen LogP contribution in [0.4, 0.5) is 0 Å². The van der Waals surface area contributed by atoms with E-state index >= 15 is 0 Å². The second kappa shape index (κ2) is 5.80. The molecule has 0 nitrogen and oxygen atoms in total. The Bertz CT molecular complexity index is 214. The standard InChI is InChI=1S/C13H22/c1-7-9-13(11(5)6)12(8-2)10(3)4/h7-11H,2H2,1,3-6H3/b9-7-,13-12-. The van der Waals surface area contributed by atoms with E-state index in [9.17, 15) is 0 Å². The van der Waals surface area contributed by atoms with Crippen LogP contribution in [0.5, 0.6) is 0 Å². The van der Waals surface area contributed by atoms with Crippen molar-refractivity contribution >= 4 is 0 Å². The molecule has 0 bridgehead atoms. The molecule has 0 saturated carbocycles. The van der Waals surface area contributed by atoms with Crippen molar-refractivity contribution in [2.24, 2.45) is 11.8 Å². The lowest BCUT2D eigenvalue weighted by molar-refractivity contribution is 0.723. The Balaban J connectivity index is 5.12. The normalized spacial score (nSPS) is 14.1. The van der Waals surface area contributed by atoms with Gasteiger partial charge in [0.2, 0.25) is 0 Å². The summed E-state index contributed by atoms with van der Waals surface area (Å²) in [5.74, 6) is 1.14. The zero-order chi connectivity index (χ0) is 10.4. The molecule has 0 aliphatic rings. The molecule has 0 N–H and O–H groups in total. The predicted octanol–water partition coefficient (Wildman–Crippen LogP) is 4.36. The Morgan fingerprint density at radius 1 is 1.00 bits per heavy atom. The van der Waals surface area contributed by atoms with Crippen LogP contribution in [0.2, 0.25) is 0 Å². The van der Waals surface area contributed by atoms with Gasteiger partial charge in [0, 0.05) is 0 Å². The smallest absolute Gasteiger partial charge is 0.0216 e. The molecule has 0 saturated heterocycles. The summed E-state index contributed by atoms with van der Waals surface area (Å²) in [7, 11) is 0. The van der Waals surface area contributed by atoms with Crippen LogP contribution in [0.15, 0.2) is 36.0 Å².